The summed E-state index contributed by atoms with van der Waals surface area (Å²) in [4.78, 5) is 16.2. The number of hydrogen-bond donors (Lipinski definition) is 2. The van der Waals surface area contributed by atoms with Crippen molar-refractivity contribution in [2.24, 2.45) is 0 Å². The van der Waals surface area contributed by atoms with Crippen LogP contribution in [0.4, 0.5) is 10.1 Å². The second-order valence-corrected chi connectivity index (χ2v) is 5.60. The van der Waals surface area contributed by atoms with Gasteiger partial charge in [-0.1, -0.05) is 36.4 Å². The fraction of sp³-hybridized carbons (Fsp3) is 0.158. The third-order valence-electron chi connectivity index (χ3n) is 3.80. The Morgan fingerprint density at radius 2 is 2.00 bits per heavy atom. The Bertz CT molecular complexity index is 849. The molecule has 1 atom stereocenters. The van der Waals surface area contributed by atoms with Crippen LogP contribution in [0.2, 0.25) is 0 Å². The molecule has 0 saturated carbocycles. The van der Waals surface area contributed by atoms with Gasteiger partial charge in [-0.3, -0.25) is 4.79 Å². The molecule has 2 aromatic carbocycles. The Labute approximate surface area is 144 Å². The monoisotopic (exact) mass is 339 g/mol. The maximum atomic E-state index is 13.1. The molecule has 0 aliphatic heterocycles. The number of aliphatic hydroxyl groups excluding tert-OH is 1. The highest BCUT2D eigenvalue weighted by molar-refractivity contribution is 5.90. The number of carbonyl (C=O) groups excluding carboxylic acids is 1. The van der Waals surface area contributed by atoms with E-state index in [9.17, 15) is 14.3 Å². The van der Waals surface area contributed by atoms with Crippen LogP contribution in [0.15, 0.2) is 67.0 Å². The van der Waals surface area contributed by atoms with Gasteiger partial charge in [0.25, 0.3) is 0 Å². The topological polar surface area (TPSA) is 67.2 Å². The van der Waals surface area contributed by atoms with Crippen LogP contribution in [0.1, 0.15) is 23.9 Å². The number of aromatic nitrogens is 2. The number of aryl methyl sites for hydroxylation is 1. The van der Waals surface area contributed by atoms with E-state index in [1.165, 1.54) is 18.2 Å². The van der Waals surface area contributed by atoms with Crippen LogP contribution >= 0.6 is 0 Å². The van der Waals surface area contributed by atoms with Gasteiger partial charge in [0.2, 0.25) is 5.91 Å². The number of amides is 1. The minimum absolute atomic E-state index is 0.182. The molecule has 0 bridgehead atoms. The summed E-state index contributed by atoms with van der Waals surface area (Å²) in [7, 11) is 0. The van der Waals surface area contributed by atoms with Gasteiger partial charge in [0, 0.05) is 31.0 Å². The van der Waals surface area contributed by atoms with E-state index in [2.05, 4.69) is 10.3 Å². The average molecular weight is 339 g/mol. The van der Waals surface area contributed by atoms with Gasteiger partial charge in [-0.25, -0.2) is 9.37 Å². The molecule has 0 fully saturated rings. The number of imidazole rings is 1. The zero-order valence-electron chi connectivity index (χ0n) is 13.5. The summed E-state index contributed by atoms with van der Waals surface area (Å²) in [6.07, 6.45) is 2.63. The van der Waals surface area contributed by atoms with Gasteiger partial charge in [0.15, 0.2) is 0 Å². The van der Waals surface area contributed by atoms with Gasteiger partial charge in [-0.15, -0.1) is 0 Å². The summed E-state index contributed by atoms with van der Waals surface area (Å²) in [6, 6.07) is 15.0. The lowest BCUT2D eigenvalue weighted by molar-refractivity contribution is -0.116. The van der Waals surface area contributed by atoms with Crippen LogP contribution in [0, 0.1) is 5.82 Å². The van der Waals surface area contributed by atoms with Crippen LogP contribution in [0.3, 0.4) is 0 Å². The van der Waals surface area contributed by atoms with E-state index in [1.807, 2.05) is 30.3 Å². The molecular weight excluding hydrogens is 321 g/mol. The third-order valence-corrected chi connectivity index (χ3v) is 3.80. The van der Waals surface area contributed by atoms with Crippen molar-refractivity contribution in [3.05, 3.63) is 84.2 Å². The number of carbonyl (C=O) groups is 1. The molecule has 1 unspecified atom stereocenters. The van der Waals surface area contributed by atoms with Crippen LogP contribution < -0.4 is 5.32 Å². The molecule has 0 saturated heterocycles. The predicted molar refractivity (Wildman–Crippen MR) is 92.4 cm³/mol. The van der Waals surface area contributed by atoms with Crippen molar-refractivity contribution in [1.29, 1.82) is 0 Å². The molecule has 1 heterocycles. The van der Waals surface area contributed by atoms with Crippen molar-refractivity contribution in [2.45, 2.75) is 19.1 Å². The van der Waals surface area contributed by atoms with E-state index < -0.39 is 11.9 Å². The van der Waals surface area contributed by atoms with E-state index in [0.717, 1.165) is 5.56 Å². The van der Waals surface area contributed by atoms with Crippen molar-refractivity contribution < 1.29 is 14.3 Å². The zero-order valence-corrected chi connectivity index (χ0v) is 13.5. The predicted octanol–water partition coefficient (Wildman–Crippen LogP) is 3.13. The van der Waals surface area contributed by atoms with E-state index in [0.29, 0.717) is 18.1 Å². The molecule has 25 heavy (non-hydrogen) atoms. The number of anilines is 1. The maximum Gasteiger partial charge on any atom is 0.226 e. The summed E-state index contributed by atoms with van der Waals surface area (Å²) in [5.74, 6) is -0.162. The minimum Gasteiger partial charge on any atom is -0.380 e. The number of nitrogens with zero attached hydrogens (tertiary/aromatic N) is 2. The molecule has 5 nitrogen and oxygen atoms in total. The van der Waals surface area contributed by atoms with Gasteiger partial charge < -0.3 is 15.0 Å². The van der Waals surface area contributed by atoms with Crippen LogP contribution in [0.25, 0.3) is 0 Å². The highest BCUT2D eigenvalue weighted by atomic mass is 19.1. The molecule has 2 N–H and O–H groups in total. The number of aliphatic hydroxyl groups is 1. The van der Waals surface area contributed by atoms with E-state index >= 15 is 0 Å². The van der Waals surface area contributed by atoms with E-state index in [4.69, 9.17) is 0 Å². The molecule has 1 amide bonds. The molecule has 128 valence electrons. The molecule has 0 aliphatic rings. The van der Waals surface area contributed by atoms with Crippen molar-refractivity contribution in [3.8, 4) is 0 Å². The smallest absolute Gasteiger partial charge is 0.226 e. The highest BCUT2D eigenvalue weighted by Gasteiger charge is 2.16. The van der Waals surface area contributed by atoms with Crippen LogP contribution in [0.5, 0.6) is 0 Å². The fourth-order valence-corrected chi connectivity index (χ4v) is 2.55. The Kier molecular flexibility index (Phi) is 5.20. The van der Waals surface area contributed by atoms with E-state index in [-0.39, 0.29) is 12.3 Å². The average Bonchev–Trinajstić information content (AvgIpc) is 3.08. The van der Waals surface area contributed by atoms with E-state index in [1.54, 1.807) is 23.0 Å². The second kappa shape index (κ2) is 7.72. The Morgan fingerprint density at radius 1 is 1.20 bits per heavy atom. The summed E-state index contributed by atoms with van der Waals surface area (Å²) < 4.78 is 14.9. The molecule has 1 aromatic heterocycles. The summed E-state index contributed by atoms with van der Waals surface area (Å²) in [5.41, 5.74) is 1.15. The Morgan fingerprint density at radius 3 is 2.76 bits per heavy atom. The standard InChI is InChI=1S/C19H18FN3O2/c20-15-7-4-8-16(13-15)22-17(24)9-11-23-12-10-21-19(23)18(25)14-5-2-1-3-6-14/h1-8,10,12-13,18,25H,9,11H2,(H,22,24). The van der Waals surface area contributed by atoms with Gasteiger partial charge in [0.05, 0.1) is 0 Å². The van der Waals surface area contributed by atoms with Crippen LogP contribution in [-0.2, 0) is 11.3 Å². The van der Waals surface area contributed by atoms with Gasteiger partial charge in [-0.2, -0.15) is 0 Å². The number of hydrogen-bond acceptors (Lipinski definition) is 3. The quantitative estimate of drug-likeness (QED) is 0.725. The number of benzene rings is 2. The molecule has 6 heteroatoms. The first-order chi connectivity index (χ1) is 12.1. The molecule has 0 aliphatic carbocycles. The van der Waals surface area contributed by atoms with Crippen molar-refractivity contribution in [1.82, 2.24) is 9.55 Å². The molecular formula is C19H18FN3O2. The summed E-state index contributed by atoms with van der Waals surface area (Å²) in [5, 5.41) is 13.1. The van der Waals surface area contributed by atoms with Crippen molar-refractivity contribution >= 4 is 11.6 Å². The zero-order chi connectivity index (χ0) is 17.6. The lowest BCUT2D eigenvalue weighted by atomic mass is 10.1. The number of halogens is 1. The Hall–Kier alpha value is -2.99. The van der Waals surface area contributed by atoms with Crippen molar-refractivity contribution in [2.75, 3.05) is 5.32 Å². The molecule has 3 aromatic rings. The SMILES string of the molecule is O=C(CCn1ccnc1C(O)c1ccccc1)Nc1cccc(F)c1. The number of rotatable bonds is 6. The summed E-state index contributed by atoms with van der Waals surface area (Å²) in [6.45, 7) is 0.361. The third kappa shape index (κ3) is 4.30. The molecule has 0 radical (unpaired) electrons. The maximum absolute atomic E-state index is 13.1. The first-order valence-electron chi connectivity index (χ1n) is 7.93. The fourth-order valence-electron chi connectivity index (χ4n) is 2.55. The lowest BCUT2D eigenvalue weighted by Crippen LogP contribution is -2.16. The Balaban J connectivity index is 1.62. The molecule has 3 rings (SSSR count). The normalized spacial score (nSPS) is 11.9. The van der Waals surface area contributed by atoms with Crippen molar-refractivity contribution in [3.63, 3.8) is 0 Å². The van der Waals surface area contributed by atoms with Crippen LogP contribution in [-0.4, -0.2) is 20.6 Å². The largest absolute Gasteiger partial charge is 0.380 e. The van der Waals surface area contributed by atoms with Gasteiger partial charge in [0.1, 0.15) is 17.7 Å². The van der Waals surface area contributed by atoms with Gasteiger partial charge in [-0.05, 0) is 23.8 Å². The summed E-state index contributed by atoms with van der Waals surface area (Å²) >= 11 is 0. The minimum atomic E-state index is -0.859. The highest BCUT2D eigenvalue weighted by Crippen LogP contribution is 2.20. The number of nitrogens with one attached hydrogen (secondary N) is 1. The van der Waals surface area contributed by atoms with Gasteiger partial charge >= 0.3 is 0 Å². The second-order valence-electron chi connectivity index (χ2n) is 5.60. The first kappa shape index (κ1) is 16.9. The molecule has 0 spiro atoms. The first-order valence-corrected chi connectivity index (χ1v) is 7.93. The lowest BCUT2D eigenvalue weighted by Gasteiger charge is -2.13.